The lowest BCUT2D eigenvalue weighted by Crippen LogP contribution is -2.10. The SMILES string of the molecule is CCS(=O)(=O)c1ccc(O)c(NC(=O)C=C(C)C)c1. The second-order valence-corrected chi connectivity index (χ2v) is 6.57. The highest BCUT2D eigenvalue weighted by Crippen LogP contribution is 2.26. The summed E-state index contributed by atoms with van der Waals surface area (Å²) >= 11 is 0. The number of aromatic hydroxyl groups is 1. The first-order valence-electron chi connectivity index (χ1n) is 5.78. The molecule has 0 radical (unpaired) electrons. The molecule has 0 aliphatic rings. The fourth-order valence-electron chi connectivity index (χ4n) is 1.41. The standard InChI is InChI=1S/C13H17NO4S/c1-4-19(17,18)10-5-6-12(15)11(8-10)14-13(16)7-9(2)3/h5-8,15H,4H2,1-3H3,(H,14,16). The monoisotopic (exact) mass is 283 g/mol. The number of sulfone groups is 1. The van der Waals surface area contributed by atoms with Gasteiger partial charge in [-0.05, 0) is 32.0 Å². The van der Waals surface area contributed by atoms with Crippen molar-refractivity contribution in [3.8, 4) is 5.75 Å². The average Bonchev–Trinajstić information content (AvgIpc) is 2.30. The Morgan fingerprint density at radius 1 is 1.37 bits per heavy atom. The molecular formula is C13H17NO4S. The summed E-state index contributed by atoms with van der Waals surface area (Å²) in [5.74, 6) is -0.633. The molecule has 0 aromatic heterocycles. The average molecular weight is 283 g/mol. The molecule has 0 heterocycles. The third kappa shape index (κ3) is 4.10. The van der Waals surface area contributed by atoms with E-state index in [1.165, 1.54) is 31.2 Å². The molecule has 0 fully saturated rings. The van der Waals surface area contributed by atoms with Crippen LogP contribution >= 0.6 is 0 Å². The van der Waals surface area contributed by atoms with Gasteiger partial charge in [0.05, 0.1) is 16.3 Å². The van der Waals surface area contributed by atoms with E-state index in [1.807, 2.05) is 0 Å². The Morgan fingerprint density at radius 3 is 2.53 bits per heavy atom. The zero-order chi connectivity index (χ0) is 14.6. The van der Waals surface area contributed by atoms with Gasteiger partial charge in [0.2, 0.25) is 5.91 Å². The van der Waals surface area contributed by atoms with Crippen LogP contribution in [-0.2, 0) is 14.6 Å². The maximum absolute atomic E-state index is 11.7. The highest BCUT2D eigenvalue weighted by atomic mass is 32.2. The normalized spacial score (nSPS) is 10.9. The highest BCUT2D eigenvalue weighted by Gasteiger charge is 2.14. The number of phenols is 1. The minimum Gasteiger partial charge on any atom is -0.506 e. The predicted octanol–water partition coefficient (Wildman–Crippen LogP) is 2.09. The Hall–Kier alpha value is -1.82. The van der Waals surface area contributed by atoms with Crippen LogP contribution in [0.5, 0.6) is 5.75 Å². The van der Waals surface area contributed by atoms with Crippen molar-refractivity contribution in [3.05, 3.63) is 29.8 Å². The summed E-state index contributed by atoms with van der Waals surface area (Å²) in [5.41, 5.74) is 0.881. The number of benzene rings is 1. The van der Waals surface area contributed by atoms with Crippen LogP contribution in [0.3, 0.4) is 0 Å². The Labute approximate surface area is 112 Å². The molecule has 19 heavy (non-hydrogen) atoms. The van der Waals surface area contributed by atoms with E-state index in [1.54, 1.807) is 13.8 Å². The molecule has 5 nitrogen and oxygen atoms in total. The van der Waals surface area contributed by atoms with Gasteiger partial charge in [0.15, 0.2) is 9.84 Å². The Balaban J connectivity index is 3.12. The van der Waals surface area contributed by atoms with Crippen LogP contribution in [0.4, 0.5) is 5.69 Å². The molecule has 0 unspecified atom stereocenters. The molecule has 104 valence electrons. The predicted molar refractivity (Wildman–Crippen MR) is 73.9 cm³/mol. The summed E-state index contributed by atoms with van der Waals surface area (Å²) in [6, 6.07) is 3.82. The van der Waals surface area contributed by atoms with Crippen molar-refractivity contribution in [1.29, 1.82) is 0 Å². The molecule has 1 rings (SSSR count). The number of amides is 1. The first kappa shape index (κ1) is 15.2. The molecule has 0 aliphatic heterocycles. The first-order valence-corrected chi connectivity index (χ1v) is 7.43. The smallest absolute Gasteiger partial charge is 0.248 e. The molecule has 6 heteroatoms. The number of carbonyl (C=O) groups excluding carboxylic acids is 1. The van der Waals surface area contributed by atoms with Crippen LogP contribution in [0.15, 0.2) is 34.7 Å². The Bertz CT molecular complexity index is 614. The van der Waals surface area contributed by atoms with E-state index >= 15 is 0 Å². The van der Waals surface area contributed by atoms with Crippen molar-refractivity contribution < 1.29 is 18.3 Å². The number of allylic oxidation sites excluding steroid dienone is 1. The molecule has 1 aromatic rings. The summed E-state index contributed by atoms with van der Waals surface area (Å²) in [6.45, 7) is 5.05. The lowest BCUT2D eigenvalue weighted by Gasteiger charge is -2.08. The highest BCUT2D eigenvalue weighted by molar-refractivity contribution is 7.91. The van der Waals surface area contributed by atoms with E-state index in [-0.39, 0.29) is 22.1 Å². The van der Waals surface area contributed by atoms with Crippen LogP contribution in [-0.4, -0.2) is 25.2 Å². The molecule has 0 atom stereocenters. The fraction of sp³-hybridized carbons (Fsp3) is 0.308. The molecule has 0 aliphatic carbocycles. The van der Waals surface area contributed by atoms with Gasteiger partial charge in [-0.15, -0.1) is 0 Å². The van der Waals surface area contributed by atoms with Gasteiger partial charge >= 0.3 is 0 Å². The fourth-order valence-corrected chi connectivity index (χ4v) is 2.31. The maximum Gasteiger partial charge on any atom is 0.248 e. The van der Waals surface area contributed by atoms with Crippen LogP contribution < -0.4 is 5.32 Å². The molecule has 0 spiro atoms. The number of carbonyl (C=O) groups is 1. The van der Waals surface area contributed by atoms with Gasteiger partial charge in [-0.25, -0.2) is 8.42 Å². The van der Waals surface area contributed by atoms with Crippen molar-refractivity contribution in [1.82, 2.24) is 0 Å². The molecular weight excluding hydrogens is 266 g/mol. The molecule has 0 bridgehead atoms. The number of phenolic OH excluding ortho intramolecular Hbond substituents is 1. The van der Waals surface area contributed by atoms with Crippen LogP contribution in [0.1, 0.15) is 20.8 Å². The summed E-state index contributed by atoms with van der Waals surface area (Å²) in [4.78, 5) is 11.6. The van der Waals surface area contributed by atoms with Crippen molar-refractivity contribution >= 4 is 21.4 Å². The number of hydrogen-bond acceptors (Lipinski definition) is 4. The van der Waals surface area contributed by atoms with Gasteiger partial charge in [-0.3, -0.25) is 4.79 Å². The quantitative estimate of drug-likeness (QED) is 0.654. The van der Waals surface area contributed by atoms with Crippen molar-refractivity contribution in [2.45, 2.75) is 25.7 Å². The zero-order valence-corrected chi connectivity index (χ0v) is 11.9. The summed E-state index contributed by atoms with van der Waals surface area (Å²) < 4.78 is 23.4. The lowest BCUT2D eigenvalue weighted by molar-refractivity contribution is -0.112. The van der Waals surface area contributed by atoms with Gasteiger partial charge in [0.25, 0.3) is 0 Å². The Morgan fingerprint density at radius 2 is 2.00 bits per heavy atom. The van der Waals surface area contributed by atoms with E-state index in [2.05, 4.69) is 5.32 Å². The van der Waals surface area contributed by atoms with Crippen LogP contribution in [0, 0.1) is 0 Å². The Kier molecular flexibility index (Phi) is 4.72. The first-order chi connectivity index (χ1) is 8.76. The number of rotatable bonds is 4. The van der Waals surface area contributed by atoms with E-state index < -0.39 is 15.7 Å². The van der Waals surface area contributed by atoms with Gasteiger partial charge in [-0.2, -0.15) is 0 Å². The third-order valence-electron chi connectivity index (χ3n) is 2.38. The number of nitrogens with one attached hydrogen (secondary N) is 1. The second kappa shape index (κ2) is 5.88. The van der Waals surface area contributed by atoms with Crippen LogP contribution in [0.2, 0.25) is 0 Å². The summed E-state index contributed by atoms with van der Waals surface area (Å²) in [7, 11) is -3.37. The number of anilines is 1. The minimum absolute atomic E-state index is 0.0425. The van der Waals surface area contributed by atoms with Crippen molar-refractivity contribution in [3.63, 3.8) is 0 Å². The molecule has 1 aromatic carbocycles. The minimum atomic E-state index is -3.37. The van der Waals surface area contributed by atoms with Gasteiger partial charge in [0.1, 0.15) is 5.75 Å². The molecule has 0 saturated carbocycles. The van der Waals surface area contributed by atoms with E-state index in [4.69, 9.17) is 0 Å². The summed E-state index contributed by atoms with van der Waals surface area (Å²) in [5, 5.41) is 12.1. The second-order valence-electron chi connectivity index (χ2n) is 4.29. The van der Waals surface area contributed by atoms with E-state index in [0.717, 1.165) is 5.57 Å². The van der Waals surface area contributed by atoms with E-state index in [9.17, 15) is 18.3 Å². The van der Waals surface area contributed by atoms with Crippen molar-refractivity contribution in [2.75, 3.05) is 11.1 Å². The lowest BCUT2D eigenvalue weighted by atomic mass is 10.2. The topological polar surface area (TPSA) is 83.5 Å². The largest absolute Gasteiger partial charge is 0.506 e. The zero-order valence-electron chi connectivity index (χ0n) is 11.1. The number of hydrogen-bond donors (Lipinski definition) is 2. The molecule has 1 amide bonds. The molecule has 0 saturated heterocycles. The van der Waals surface area contributed by atoms with Crippen LogP contribution in [0.25, 0.3) is 0 Å². The van der Waals surface area contributed by atoms with Gasteiger partial charge < -0.3 is 10.4 Å². The van der Waals surface area contributed by atoms with Crippen molar-refractivity contribution in [2.24, 2.45) is 0 Å². The third-order valence-corrected chi connectivity index (χ3v) is 4.12. The maximum atomic E-state index is 11.7. The summed E-state index contributed by atoms with van der Waals surface area (Å²) in [6.07, 6.45) is 1.36. The van der Waals surface area contributed by atoms with Gasteiger partial charge in [0, 0.05) is 6.08 Å². The van der Waals surface area contributed by atoms with E-state index in [0.29, 0.717) is 0 Å². The van der Waals surface area contributed by atoms with Gasteiger partial charge in [-0.1, -0.05) is 12.5 Å². The molecule has 2 N–H and O–H groups in total.